The van der Waals surface area contributed by atoms with Gasteiger partial charge in [0.2, 0.25) is 5.91 Å². The Hall–Kier alpha value is -1.86. The summed E-state index contributed by atoms with van der Waals surface area (Å²) in [5.41, 5.74) is -0.446. The summed E-state index contributed by atoms with van der Waals surface area (Å²) in [6, 6.07) is 2.26. The molecule has 0 aliphatic carbocycles. The summed E-state index contributed by atoms with van der Waals surface area (Å²) in [4.78, 5) is 32.8. The molecule has 2 N–H and O–H groups in total. The second-order valence-corrected chi connectivity index (χ2v) is 4.51. The van der Waals surface area contributed by atoms with E-state index < -0.39 is 16.5 Å². The van der Waals surface area contributed by atoms with E-state index in [4.69, 9.17) is 23.2 Å². The van der Waals surface area contributed by atoms with Crippen molar-refractivity contribution in [3.63, 3.8) is 0 Å². The number of amides is 2. The summed E-state index contributed by atoms with van der Waals surface area (Å²) in [7, 11) is 1.48. The lowest BCUT2D eigenvalue weighted by Gasteiger charge is -2.06. The molecule has 0 aliphatic rings. The van der Waals surface area contributed by atoms with Crippen LogP contribution in [0, 0.1) is 10.1 Å². The minimum atomic E-state index is -0.727. The van der Waals surface area contributed by atoms with Crippen LogP contribution in [0.1, 0.15) is 16.8 Å². The molecule has 1 aromatic rings. The highest BCUT2D eigenvalue weighted by atomic mass is 35.5. The molecular formula is C11H11Cl2N3O4. The molecule has 20 heavy (non-hydrogen) atoms. The number of nitro groups is 1. The predicted octanol–water partition coefficient (Wildman–Crippen LogP) is 1.77. The molecule has 2 amide bonds. The van der Waals surface area contributed by atoms with E-state index >= 15 is 0 Å². The number of nitrogens with zero attached hydrogens (tertiary/aromatic N) is 1. The van der Waals surface area contributed by atoms with Gasteiger partial charge in [0.25, 0.3) is 11.6 Å². The van der Waals surface area contributed by atoms with Crippen molar-refractivity contribution in [1.82, 2.24) is 10.6 Å². The third-order valence-electron chi connectivity index (χ3n) is 2.38. The standard InChI is InChI=1S/C11H11Cl2N3O4/c1-14-9(17)2-3-15-11(18)6-4-7(12)10(13)8(5-6)16(19)20/h4-5H,2-3H2,1H3,(H,14,17)(H,15,18). The monoisotopic (exact) mass is 319 g/mol. The van der Waals surface area contributed by atoms with Crippen LogP contribution in [0.5, 0.6) is 0 Å². The lowest BCUT2D eigenvalue weighted by molar-refractivity contribution is -0.384. The van der Waals surface area contributed by atoms with Crippen LogP contribution in [0.4, 0.5) is 5.69 Å². The fourth-order valence-corrected chi connectivity index (χ4v) is 1.75. The van der Waals surface area contributed by atoms with E-state index in [2.05, 4.69) is 10.6 Å². The Balaban J connectivity index is 2.83. The number of hydrogen-bond donors (Lipinski definition) is 2. The number of nitro benzene ring substituents is 1. The summed E-state index contributed by atoms with van der Waals surface area (Å²) < 4.78 is 0. The SMILES string of the molecule is CNC(=O)CCNC(=O)c1cc(Cl)c(Cl)c([N+](=O)[O-])c1. The summed E-state index contributed by atoms with van der Waals surface area (Å²) >= 11 is 11.4. The molecule has 7 nitrogen and oxygen atoms in total. The van der Waals surface area contributed by atoms with Gasteiger partial charge in [-0.1, -0.05) is 23.2 Å². The molecule has 0 unspecified atom stereocenters. The molecule has 1 aromatic carbocycles. The summed E-state index contributed by atoms with van der Waals surface area (Å²) in [6.07, 6.45) is 0.103. The highest BCUT2D eigenvalue weighted by molar-refractivity contribution is 6.43. The zero-order valence-corrected chi connectivity index (χ0v) is 11.9. The van der Waals surface area contributed by atoms with Crippen molar-refractivity contribution in [3.05, 3.63) is 37.9 Å². The van der Waals surface area contributed by atoms with Gasteiger partial charge in [0.1, 0.15) is 5.02 Å². The third-order valence-corrected chi connectivity index (χ3v) is 3.18. The topological polar surface area (TPSA) is 101 Å². The Morgan fingerprint density at radius 2 is 2.00 bits per heavy atom. The van der Waals surface area contributed by atoms with Crippen LogP contribution >= 0.6 is 23.2 Å². The van der Waals surface area contributed by atoms with Gasteiger partial charge in [-0.15, -0.1) is 0 Å². The Kier molecular flexibility index (Phi) is 5.72. The third kappa shape index (κ3) is 4.07. The number of carbonyl (C=O) groups excluding carboxylic acids is 2. The molecule has 0 saturated carbocycles. The highest BCUT2D eigenvalue weighted by Gasteiger charge is 2.20. The molecule has 9 heteroatoms. The number of benzene rings is 1. The lowest BCUT2D eigenvalue weighted by atomic mass is 10.2. The van der Waals surface area contributed by atoms with Crippen LogP contribution in [0.15, 0.2) is 12.1 Å². The molecule has 1 rings (SSSR count). The van der Waals surface area contributed by atoms with Gasteiger partial charge < -0.3 is 10.6 Å². The minimum Gasteiger partial charge on any atom is -0.359 e. The number of halogens is 2. The van der Waals surface area contributed by atoms with Gasteiger partial charge in [0.05, 0.1) is 9.95 Å². The van der Waals surface area contributed by atoms with Crippen LogP contribution in [0.3, 0.4) is 0 Å². The molecule has 0 bridgehead atoms. The summed E-state index contributed by atoms with van der Waals surface area (Å²) in [6.45, 7) is 0.104. The van der Waals surface area contributed by atoms with E-state index in [0.717, 1.165) is 6.07 Å². The van der Waals surface area contributed by atoms with Crippen LogP contribution in [0.2, 0.25) is 10.0 Å². The van der Waals surface area contributed by atoms with Crippen molar-refractivity contribution >= 4 is 40.7 Å². The van der Waals surface area contributed by atoms with Crippen LogP contribution < -0.4 is 10.6 Å². The van der Waals surface area contributed by atoms with E-state index in [-0.39, 0.29) is 34.5 Å². The van der Waals surface area contributed by atoms with Crippen molar-refractivity contribution in [1.29, 1.82) is 0 Å². The average molecular weight is 320 g/mol. The number of rotatable bonds is 5. The maximum absolute atomic E-state index is 11.8. The summed E-state index contributed by atoms with van der Waals surface area (Å²) in [5.74, 6) is -0.805. The quantitative estimate of drug-likeness (QED) is 0.637. The molecular weight excluding hydrogens is 309 g/mol. The number of hydrogen-bond acceptors (Lipinski definition) is 4. The molecule has 0 aromatic heterocycles. The number of carbonyl (C=O) groups is 2. The van der Waals surface area contributed by atoms with Crippen LogP contribution in [-0.4, -0.2) is 30.3 Å². The second kappa shape index (κ2) is 7.06. The normalized spacial score (nSPS) is 9.95. The molecule has 0 heterocycles. The largest absolute Gasteiger partial charge is 0.359 e. The first-order valence-electron chi connectivity index (χ1n) is 5.49. The van der Waals surface area contributed by atoms with Crippen molar-refractivity contribution in [3.8, 4) is 0 Å². The Morgan fingerprint density at radius 1 is 1.35 bits per heavy atom. The van der Waals surface area contributed by atoms with E-state index in [9.17, 15) is 19.7 Å². The first-order valence-corrected chi connectivity index (χ1v) is 6.24. The van der Waals surface area contributed by atoms with Gasteiger partial charge in [0, 0.05) is 31.6 Å². The van der Waals surface area contributed by atoms with Crippen molar-refractivity contribution in [2.75, 3.05) is 13.6 Å². The van der Waals surface area contributed by atoms with E-state index in [1.54, 1.807) is 0 Å². The van der Waals surface area contributed by atoms with E-state index in [0.29, 0.717) is 0 Å². The lowest BCUT2D eigenvalue weighted by Crippen LogP contribution is -2.29. The highest BCUT2D eigenvalue weighted by Crippen LogP contribution is 2.32. The average Bonchev–Trinajstić information content (AvgIpc) is 2.40. The van der Waals surface area contributed by atoms with Gasteiger partial charge in [-0.05, 0) is 6.07 Å². The fourth-order valence-electron chi connectivity index (χ4n) is 1.36. The van der Waals surface area contributed by atoms with Gasteiger partial charge in [-0.3, -0.25) is 19.7 Å². The molecule has 0 radical (unpaired) electrons. The van der Waals surface area contributed by atoms with Crippen LogP contribution in [-0.2, 0) is 4.79 Å². The van der Waals surface area contributed by atoms with Gasteiger partial charge >= 0.3 is 0 Å². The zero-order valence-electron chi connectivity index (χ0n) is 10.4. The van der Waals surface area contributed by atoms with Gasteiger partial charge in [0.15, 0.2) is 0 Å². The molecule has 0 fully saturated rings. The zero-order chi connectivity index (χ0) is 15.3. The summed E-state index contributed by atoms with van der Waals surface area (Å²) in [5, 5.41) is 15.3. The molecule has 0 aliphatic heterocycles. The van der Waals surface area contributed by atoms with Crippen LogP contribution in [0.25, 0.3) is 0 Å². The smallest absolute Gasteiger partial charge is 0.290 e. The minimum absolute atomic E-state index is 0.00278. The van der Waals surface area contributed by atoms with E-state index in [1.807, 2.05) is 0 Å². The van der Waals surface area contributed by atoms with Gasteiger partial charge in [-0.25, -0.2) is 0 Å². The molecule has 0 atom stereocenters. The van der Waals surface area contributed by atoms with Crippen molar-refractivity contribution in [2.45, 2.75) is 6.42 Å². The molecule has 0 spiro atoms. The Bertz CT molecular complexity index is 563. The van der Waals surface area contributed by atoms with E-state index in [1.165, 1.54) is 13.1 Å². The molecule has 108 valence electrons. The molecule has 0 saturated heterocycles. The second-order valence-electron chi connectivity index (χ2n) is 3.73. The Morgan fingerprint density at radius 3 is 2.55 bits per heavy atom. The maximum atomic E-state index is 11.8. The van der Waals surface area contributed by atoms with Gasteiger partial charge in [-0.2, -0.15) is 0 Å². The Labute approximate surface area is 124 Å². The maximum Gasteiger partial charge on any atom is 0.290 e. The number of nitrogens with one attached hydrogen (secondary N) is 2. The van der Waals surface area contributed by atoms with Crippen molar-refractivity contribution < 1.29 is 14.5 Å². The first-order chi connectivity index (χ1) is 9.36. The van der Waals surface area contributed by atoms with Crippen molar-refractivity contribution in [2.24, 2.45) is 0 Å². The predicted molar refractivity (Wildman–Crippen MR) is 74.1 cm³/mol. The first kappa shape index (κ1) is 16.2. The fraction of sp³-hybridized carbons (Fsp3) is 0.273.